The number of carbonyl (C=O) groups is 1. The maximum atomic E-state index is 13.7. The first-order valence-electron chi connectivity index (χ1n) is 11.8. The molecular formula is C29H26ClNO4. The SMILES string of the molecule is CCCCOc1cccc(C2c3c(oc4ccc(Cl)cc4c3=O)C(=O)N2Cc2ccc(C)cc2)c1. The fourth-order valence-electron chi connectivity index (χ4n) is 4.50. The minimum Gasteiger partial charge on any atom is -0.494 e. The van der Waals surface area contributed by atoms with Crippen LogP contribution in [0, 0.1) is 6.92 Å². The first-order chi connectivity index (χ1) is 17.0. The van der Waals surface area contributed by atoms with Crippen LogP contribution in [0.1, 0.15) is 58.6 Å². The van der Waals surface area contributed by atoms with Crippen LogP contribution in [0.4, 0.5) is 0 Å². The van der Waals surface area contributed by atoms with Gasteiger partial charge in [-0.1, -0.05) is 66.9 Å². The van der Waals surface area contributed by atoms with E-state index >= 15 is 0 Å². The monoisotopic (exact) mass is 487 g/mol. The predicted octanol–water partition coefficient (Wildman–Crippen LogP) is 6.68. The lowest BCUT2D eigenvalue weighted by molar-refractivity contribution is 0.0714. The lowest BCUT2D eigenvalue weighted by Crippen LogP contribution is -2.29. The van der Waals surface area contributed by atoms with Crippen molar-refractivity contribution in [2.75, 3.05) is 6.61 Å². The third kappa shape index (κ3) is 4.44. The largest absolute Gasteiger partial charge is 0.494 e. The molecular weight excluding hydrogens is 462 g/mol. The number of carbonyl (C=O) groups excluding carboxylic acids is 1. The van der Waals surface area contributed by atoms with Gasteiger partial charge in [-0.25, -0.2) is 0 Å². The number of fused-ring (bicyclic) bond motifs is 2. The van der Waals surface area contributed by atoms with Crippen LogP contribution in [0.25, 0.3) is 11.0 Å². The van der Waals surface area contributed by atoms with E-state index < -0.39 is 6.04 Å². The molecule has 0 aliphatic carbocycles. The second kappa shape index (κ2) is 9.59. The number of aryl methyl sites for hydroxylation is 1. The van der Waals surface area contributed by atoms with Crippen LogP contribution in [0.3, 0.4) is 0 Å². The summed E-state index contributed by atoms with van der Waals surface area (Å²) in [5.41, 5.74) is 3.34. The van der Waals surface area contributed by atoms with Gasteiger partial charge in [0.2, 0.25) is 5.76 Å². The van der Waals surface area contributed by atoms with Crippen molar-refractivity contribution in [2.45, 2.75) is 39.3 Å². The Labute approximate surface area is 208 Å². The van der Waals surface area contributed by atoms with Gasteiger partial charge < -0.3 is 14.1 Å². The van der Waals surface area contributed by atoms with Gasteiger partial charge in [0.1, 0.15) is 11.3 Å². The van der Waals surface area contributed by atoms with Crippen LogP contribution in [0.15, 0.2) is 75.9 Å². The molecule has 0 spiro atoms. The molecule has 1 aliphatic rings. The number of amides is 1. The molecule has 0 saturated carbocycles. The predicted molar refractivity (Wildman–Crippen MR) is 137 cm³/mol. The minimum atomic E-state index is -0.604. The third-order valence-corrected chi connectivity index (χ3v) is 6.58. The number of unbranched alkanes of at least 4 members (excludes halogenated alkanes) is 1. The van der Waals surface area contributed by atoms with Crippen LogP contribution >= 0.6 is 11.6 Å². The number of ether oxygens (including phenoxy) is 1. The molecule has 0 bridgehead atoms. The fraction of sp³-hybridized carbons (Fsp3) is 0.241. The Balaban J connectivity index is 1.65. The number of benzene rings is 3. The third-order valence-electron chi connectivity index (χ3n) is 6.34. The first-order valence-corrected chi connectivity index (χ1v) is 12.2. The zero-order valence-electron chi connectivity index (χ0n) is 19.7. The standard InChI is InChI=1S/C29H26ClNO4/c1-3-4-14-34-22-7-5-6-20(15-22)26-25-27(32)23-16-21(30)12-13-24(23)35-28(25)29(33)31(26)17-19-10-8-18(2)9-11-19/h5-13,15-16,26H,3-4,14,17H2,1-2H3. The maximum Gasteiger partial charge on any atom is 0.291 e. The highest BCUT2D eigenvalue weighted by atomic mass is 35.5. The van der Waals surface area contributed by atoms with E-state index in [9.17, 15) is 9.59 Å². The Morgan fingerprint density at radius 3 is 2.60 bits per heavy atom. The van der Waals surface area contributed by atoms with Crippen molar-refractivity contribution in [2.24, 2.45) is 0 Å². The van der Waals surface area contributed by atoms with Crippen molar-refractivity contribution in [1.82, 2.24) is 4.90 Å². The van der Waals surface area contributed by atoms with Gasteiger partial charge in [0.15, 0.2) is 5.43 Å². The molecule has 3 aromatic carbocycles. The molecule has 5 rings (SSSR count). The fourth-order valence-corrected chi connectivity index (χ4v) is 4.67. The summed E-state index contributed by atoms with van der Waals surface area (Å²) < 4.78 is 11.9. The van der Waals surface area contributed by atoms with E-state index in [1.807, 2.05) is 55.5 Å². The molecule has 6 heteroatoms. The highest BCUT2D eigenvalue weighted by Gasteiger charge is 2.42. The summed E-state index contributed by atoms with van der Waals surface area (Å²) in [6.07, 6.45) is 1.98. The van der Waals surface area contributed by atoms with E-state index in [1.165, 1.54) is 0 Å². The Hall–Kier alpha value is -3.57. The first kappa shape index (κ1) is 23.2. The zero-order chi connectivity index (χ0) is 24.5. The molecule has 0 radical (unpaired) electrons. The molecule has 178 valence electrons. The zero-order valence-corrected chi connectivity index (χ0v) is 20.5. The summed E-state index contributed by atoms with van der Waals surface area (Å²) in [6, 6.07) is 19.9. The quantitative estimate of drug-likeness (QED) is 0.273. The van der Waals surface area contributed by atoms with E-state index in [2.05, 4.69) is 6.92 Å². The molecule has 1 unspecified atom stereocenters. The summed E-state index contributed by atoms with van der Waals surface area (Å²) in [7, 11) is 0. The van der Waals surface area contributed by atoms with Crippen molar-refractivity contribution in [1.29, 1.82) is 0 Å². The van der Waals surface area contributed by atoms with Gasteiger partial charge in [-0.3, -0.25) is 9.59 Å². The normalized spacial score (nSPS) is 15.0. The Morgan fingerprint density at radius 1 is 1.03 bits per heavy atom. The minimum absolute atomic E-state index is 0.0826. The van der Waals surface area contributed by atoms with E-state index in [0.717, 1.165) is 29.5 Å². The number of hydrogen-bond acceptors (Lipinski definition) is 4. The number of halogens is 1. The Morgan fingerprint density at radius 2 is 1.83 bits per heavy atom. The summed E-state index contributed by atoms with van der Waals surface area (Å²) >= 11 is 6.18. The van der Waals surface area contributed by atoms with E-state index in [-0.39, 0.29) is 17.1 Å². The van der Waals surface area contributed by atoms with Gasteiger partial charge in [-0.2, -0.15) is 0 Å². The van der Waals surface area contributed by atoms with Gasteiger partial charge in [0, 0.05) is 11.6 Å². The van der Waals surface area contributed by atoms with Gasteiger partial charge in [-0.05, 0) is 54.8 Å². The molecule has 1 amide bonds. The molecule has 35 heavy (non-hydrogen) atoms. The molecule has 0 saturated heterocycles. The van der Waals surface area contributed by atoms with E-state index in [4.69, 9.17) is 20.8 Å². The van der Waals surface area contributed by atoms with Crippen LogP contribution in [-0.2, 0) is 6.54 Å². The number of nitrogens with zero attached hydrogens (tertiary/aromatic N) is 1. The molecule has 4 aromatic rings. The van der Waals surface area contributed by atoms with Crippen LogP contribution < -0.4 is 10.2 Å². The molecule has 1 atom stereocenters. The number of hydrogen-bond donors (Lipinski definition) is 0. The van der Waals surface area contributed by atoms with Gasteiger partial charge in [0.05, 0.1) is 23.6 Å². The second-order valence-electron chi connectivity index (χ2n) is 8.91. The van der Waals surface area contributed by atoms with Crippen molar-refractivity contribution in [3.8, 4) is 5.75 Å². The smallest absolute Gasteiger partial charge is 0.291 e. The maximum absolute atomic E-state index is 13.7. The van der Waals surface area contributed by atoms with Crippen molar-refractivity contribution >= 4 is 28.5 Å². The topological polar surface area (TPSA) is 59.8 Å². The highest BCUT2D eigenvalue weighted by Crippen LogP contribution is 2.40. The van der Waals surface area contributed by atoms with Gasteiger partial charge in [-0.15, -0.1) is 0 Å². The highest BCUT2D eigenvalue weighted by molar-refractivity contribution is 6.31. The molecule has 2 heterocycles. The average Bonchev–Trinajstić information content (AvgIpc) is 3.13. The summed E-state index contributed by atoms with van der Waals surface area (Å²) in [5, 5.41) is 0.801. The van der Waals surface area contributed by atoms with Crippen molar-refractivity contribution < 1.29 is 13.9 Å². The average molecular weight is 488 g/mol. The van der Waals surface area contributed by atoms with Crippen molar-refractivity contribution in [3.63, 3.8) is 0 Å². The van der Waals surface area contributed by atoms with Crippen LogP contribution in [-0.4, -0.2) is 17.4 Å². The molecule has 0 N–H and O–H groups in total. The van der Waals surface area contributed by atoms with E-state index in [0.29, 0.717) is 40.5 Å². The molecule has 1 aliphatic heterocycles. The summed E-state index contributed by atoms with van der Waals surface area (Å²) in [5.74, 6) is 0.483. The lowest BCUT2D eigenvalue weighted by Gasteiger charge is -2.25. The molecule has 0 fully saturated rings. The Kier molecular flexibility index (Phi) is 6.35. The summed E-state index contributed by atoms with van der Waals surface area (Å²) in [6.45, 7) is 5.08. The van der Waals surface area contributed by atoms with Gasteiger partial charge >= 0.3 is 0 Å². The molecule has 5 nitrogen and oxygen atoms in total. The van der Waals surface area contributed by atoms with Gasteiger partial charge in [0.25, 0.3) is 5.91 Å². The Bertz CT molecular complexity index is 1460. The van der Waals surface area contributed by atoms with Crippen molar-refractivity contribution in [3.05, 3.63) is 110 Å². The van der Waals surface area contributed by atoms with Crippen LogP contribution in [0.5, 0.6) is 5.75 Å². The van der Waals surface area contributed by atoms with E-state index in [1.54, 1.807) is 23.1 Å². The van der Waals surface area contributed by atoms with Crippen LogP contribution in [0.2, 0.25) is 5.02 Å². The number of rotatable bonds is 7. The lowest BCUT2D eigenvalue weighted by atomic mass is 9.98. The molecule has 1 aromatic heterocycles. The summed E-state index contributed by atoms with van der Waals surface area (Å²) in [4.78, 5) is 29.1. The second-order valence-corrected chi connectivity index (χ2v) is 9.35.